The first-order valence-electron chi connectivity index (χ1n) is 10.3. The zero-order valence-corrected chi connectivity index (χ0v) is 17.4. The third-order valence-corrected chi connectivity index (χ3v) is 4.93. The Hall–Kier alpha value is -3.86. The van der Waals surface area contributed by atoms with Crippen molar-refractivity contribution in [1.82, 2.24) is 10.6 Å². The molecule has 3 aromatic rings. The van der Waals surface area contributed by atoms with Gasteiger partial charge in [-0.1, -0.05) is 66.7 Å². The second-order valence-corrected chi connectivity index (χ2v) is 7.12. The Kier molecular flexibility index (Phi) is 8.00. The van der Waals surface area contributed by atoms with E-state index in [0.717, 1.165) is 6.42 Å². The van der Waals surface area contributed by atoms with E-state index < -0.39 is 0 Å². The third-order valence-electron chi connectivity index (χ3n) is 4.93. The monoisotopic (exact) mass is 413 g/mol. The number of urea groups is 1. The number of anilines is 1. The van der Waals surface area contributed by atoms with E-state index in [1.165, 1.54) is 11.1 Å². The molecule has 0 aliphatic rings. The molecule has 0 saturated carbocycles. The standard InChI is InChI=1S/C26H27N3O2/c1-2-18-27-25(30)22-13-15-23(16-14-22)29-26(31)28-19-17-24(20-9-5-3-6-10-20)21-11-7-4-8-12-21/h2-16,24H,1,17-19H2,(H,27,30)(H2,28,29,31). The molecule has 0 atom stereocenters. The van der Waals surface area contributed by atoms with Crippen LogP contribution < -0.4 is 16.0 Å². The number of hydrogen-bond donors (Lipinski definition) is 3. The van der Waals surface area contributed by atoms with Gasteiger partial charge in [0, 0.05) is 30.3 Å². The molecule has 5 heteroatoms. The molecule has 0 saturated heterocycles. The van der Waals surface area contributed by atoms with Crippen LogP contribution in [0.1, 0.15) is 33.8 Å². The molecule has 31 heavy (non-hydrogen) atoms. The van der Waals surface area contributed by atoms with Gasteiger partial charge in [0.1, 0.15) is 0 Å². The van der Waals surface area contributed by atoms with Gasteiger partial charge in [0.15, 0.2) is 0 Å². The molecule has 0 aromatic heterocycles. The van der Waals surface area contributed by atoms with E-state index in [4.69, 9.17) is 0 Å². The predicted molar refractivity (Wildman–Crippen MR) is 125 cm³/mol. The molecule has 0 unspecified atom stereocenters. The highest BCUT2D eigenvalue weighted by molar-refractivity contribution is 5.95. The first-order valence-corrected chi connectivity index (χ1v) is 10.3. The summed E-state index contributed by atoms with van der Waals surface area (Å²) in [7, 11) is 0. The molecule has 0 radical (unpaired) electrons. The molecule has 3 amide bonds. The van der Waals surface area contributed by atoms with Crippen LogP contribution in [-0.4, -0.2) is 25.0 Å². The SMILES string of the molecule is C=CCNC(=O)c1ccc(NC(=O)NCCC(c2ccccc2)c2ccccc2)cc1. The highest BCUT2D eigenvalue weighted by atomic mass is 16.2. The normalized spacial score (nSPS) is 10.4. The van der Waals surface area contributed by atoms with Gasteiger partial charge in [0.25, 0.3) is 5.91 Å². The van der Waals surface area contributed by atoms with E-state index >= 15 is 0 Å². The maximum absolute atomic E-state index is 12.3. The number of carbonyl (C=O) groups is 2. The molecular weight excluding hydrogens is 386 g/mol. The first-order chi connectivity index (χ1) is 15.2. The van der Waals surface area contributed by atoms with Crippen LogP contribution in [0.2, 0.25) is 0 Å². The van der Waals surface area contributed by atoms with Crippen molar-refractivity contribution < 1.29 is 9.59 Å². The second kappa shape index (κ2) is 11.4. The number of rotatable bonds is 9. The molecule has 3 N–H and O–H groups in total. The van der Waals surface area contributed by atoms with E-state index in [1.807, 2.05) is 36.4 Å². The van der Waals surface area contributed by atoms with Gasteiger partial charge in [0.05, 0.1) is 0 Å². The number of nitrogens with one attached hydrogen (secondary N) is 3. The van der Waals surface area contributed by atoms with Crippen LogP contribution in [-0.2, 0) is 0 Å². The second-order valence-electron chi connectivity index (χ2n) is 7.12. The van der Waals surface area contributed by atoms with Gasteiger partial charge in [-0.2, -0.15) is 0 Å². The van der Waals surface area contributed by atoms with Crippen LogP contribution in [0.5, 0.6) is 0 Å². The van der Waals surface area contributed by atoms with Crippen molar-refractivity contribution in [2.75, 3.05) is 18.4 Å². The Morgan fingerprint density at radius 2 is 1.39 bits per heavy atom. The van der Waals surface area contributed by atoms with E-state index in [0.29, 0.717) is 24.3 Å². The lowest BCUT2D eigenvalue weighted by Gasteiger charge is -2.18. The lowest BCUT2D eigenvalue weighted by Crippen LogP contribution is -2.30. The van der Waals surface area contributed by atoms with Gasteiger partial charge in [-0.25, -0.2) is 4.79 Å². The largest absolute Gasteiger partial charge is 0.349 e. The molecule has 0 spiro atoms. The molecule has 3 aromatic carbocycles. The van der Waals surface area contributed by atoms with Crippen molar-refractivity contribution in [3.63, 3.8) is 0 Å². The van der Waals surface area contributed by atoms with Gasteiger partial charge >= 0.3 is 6.03 Å². The minimum absolute atomic E-state index is 0.177. The number of benzene rings is 3. The number of carbonyl (C=O) groups excluding carboxylic acids is 2. The maximum atomic E-state index is 12.3. The fourth-order valence-corrected chi connectivity index (χ4v) is 3.37. The summed E-state index contributed by atoms with van der Waals surface area (Å²) >= 11 is 0. The molecule has 0 aliphatic heterocycles. The van der Waals surface area contributed by atoms with Crippen molar-refractivity contribution in [3.8, 4) is 0 Å². The average Bonchev–Trinajstić information content (AvgIpc) is 2.82. The van der Waals surface area contributed by atoms with Crippen LogP contribution in [0.15, 0.2) is 97.6 Å². The smallest absolute Gasteiger partial charge is 0.319 e. The van der Waals surface area contributed by atoms with Gasteiger partial charge in [-0.3, -0.25) is 4.79 Å². The van der Waals surface area contributed by atoms with Gasteiger partial charge in [-0.05, 0) is 41.8 Å². The maximum Gasteiger partial charge on any atom is 0.319 e. The van der Waals surface area contributed by atoms with Crippen molar-refractivity contribution in [3.05, 3.63) is 114 Å². The summed E-state index contributed by atoms with van der Waals surface area (Å²) in [6.45, 7) is 4.51. The van der Waals surface area contributed by atoms with E-state index in [-0.39, 0.29) is 17.9 Å². The predicted octanol–water partition coefficient (Wildman–Crippen LogP) is 4.95. The Morgan fingerprint density at radius 3 is 1.94 bits per heavy atom. The zero-order chi connectivity index (χ0) is 21.9. The molecule has 0 heterocycles. The molecule has 3 rings (SSSR count). The summed E-state index contributed by atoms with van der Waals surface area (Å²) < 4.78 is 0. The van der Waals surface area contributed by atoms with Gasteiger partial charge < -0.3 is 16.0 Å². The summed E-state index contributed by atoms with van der Waals surface area (Å²) in [4.78, 5) is 24.2. The van der Waals surface area contributed by atoms with Crippen LogP contribution in [0, 0.1) is 0 Å². The Labute approximate surface area is 183 Å². The summed E-state index contributed by atoms with van der Waals surface area (Å²) in [6, 6.07) is 27.1. The molecule has 0 fully saturated rings. The topological polar surface area (TPSA) is 70.2 Å². The lowest BCUT2D eigenvalue weighted by molar-refractivity contribution is 0.0958. The fraction of sp³-hybridized carbons (Fsp3) is 0.154. The quantitative estimate of drug-likeness (QED) is 0.435. The Morgan fingerprint density at radius 1 is 0.806 bits per heavy atom. The zero-order valence-electron chi connectivity index (χ0n) is 17.4. The molecule has 5 nitrogen and oxygen atoms in total. The third kappa shape index (κ3) is 6.57. The first kappa shape index (κ1) is 21.8. The van der Waals surface area contributed by atoms with Crippen molar-refractivity contribution in [2.45, 2.75) is 12.3 Å². The summed E-state index contributed by atoms with van der Waals surface area (Å²) in [5, 5.41) is 8.45. The van der Waals surface area contributed by atoms with Gasteiger partial charge in [-0.15, -0.1) is 6.58 Å². The summed E-state index contributed by atoms with van der Waals surface area (Å²) in [5.41, 5.74) is 3.60. The van der Waals surface area contributed by atoms with Crippen molar-refractivity contribution in [2.24, 2.45) is 0 Å². The molecular formula is C26H27N3O2. The Balaban J connectivity index is 1.53. The minimum atomic E-state index is -0.274. The summed E-state index contributed by atoms with van der Waals surface area (Å²) in [6.07, 6.45) is 2.40. The van der Waals surface area contributed by atoms with E-state index in [9.17, 15) is 9.59 Å². The number of hydrogen-bond acceptors (Lipinski definition) is 2. The highest BCUT2D eigenvalue weighted by Crippen LogP contribution is 2.27. The van der Waals surface area contributed by atoms with Crippen LogP contribution >= 0.6 is 0 Å². The van der Waals surface area contributed by atoms with Crippen molar-refractivity contribution in [1.29, 1.82) is 0 Å². The summed E-state index contributed by atoms with van der Waals surface area (Å²) in [5.74, 6) is 0.0276. The highest BCUT2D eigenvalue weighted by Gasteiger charge is 2.14. The fourth-order valence-electron chi connectivity index (χ4n) is 3.37. The molecule has 0 aliphatic carbocycles. The van der Waals surface area contributed by atoms with Crippen LogP contribution in [0.25, 0.3) is 0 Å². The van der Waals surface area contributed by atoms with E-state index in [2.05, 4.69) is 46.8 Å². The van der Waals surface area contributed by atoms with E-state index in [1.54, 1.807) is 30.3 Å². The van der Waals surface area contributed by atoms with Gasteiger partial charge in [0.2, 0.25) is 0 Å². The minimum Gasteiger partial charge on any atom is -0.349 e. The average molecular weight is 414 g/mol. The van der Waals surface area contributed by atoms with Crippen LogP contribution in [0.3, 0.4) is 0 Å². The number of amides is 3. The van der Waals surface area contributed by atoms with Crippen molar-refractivity contribution >= 4 is 17.6 Å². The molecule has 158 valence electrons. The molecule has 0 bridgehead atoms. The Bertz CT molecular complexity index is 947. The lowest BCUT2D eigenvalue weighted by atomic mass is 9.88. The van der Waals surface area contributed by atoms with Crippen LogP contribution in [0.4, 0.5) is 10.5 Å².